The first kappa shape index (κ1) is 10.4. The molecule has 5 heteroatoms. The van der Waals surface area contributed by atoms with Gasteiger partial charge >= 0.3 is 0 Å². The van der Waals surface area contributed by atoms with Gasteiger partial charge in [-0.3, -0.25) is 4.98 Å². The highest BCUT2D eigenvalue weighted by Crippen LogP contribution is 2.25. The summed E-state index contributed by atoms with van der Waals surface area (Å²) in [6.07, 6.45) is 3.16. The third-order valence-electron chi connectivity index (χ3n) is 2.43. The normalized spacial score (nSPS) is 10.2. The number of isocyanates is 1. The standard InChI is InChI=1S/C13H7N3O2/c17-8-15-9-4-5-12-11(7-9)16-13(18-12)10-3-1-2-6-14-10/h1-7H. The van der Waals surface area contributed by atoms with E-state index >= 15 is 0 Å². The second-order valence-electron chi connectivity index (χ2n) is 3.59. The Kier molecular flexibility index (Phi) is 2.44. The molecule has 0 amide bonds. The zero-order valence-electron chi connectivity index (χ0n) is 9.20. The van der Waals surface area contributed by atoms with Crippen LogP contribution in [-0.2, 0) is 4.79 Å². The summed E-state index contributed by atoms with van der Waals surface area (Å²) in [6, 6.07) is 10.5. The summed E-state index contributed by atoms with van der Waals surface area (Å²) in [5, 5.41) is 0. The van der Waals surface area contributed by atoms with Crippen LogP contribution in [0.4, 0.5) is 5.69 Å². The van der Waals surface area contributed by atoms with Gasteiger partial charge in [-0.15, -0.1) is 0 Å². The molecule has 86 valence electrons. The van der Waals surface area contributed by atoms with E-state index in [1.165, 1.54) is 6.08 Å². The summed E-state index contributed by atoms with van der Waals surface area (Å²) in [5.74, 6) is 0.442. The number of rotatable bonds is 2. The topological polar surface area (TPSA) is 68.3 Å². The summed E-state index contributed by atoms with van der Waals surface area (Å²) in [4.78, 5) is 22.2. The molecule has 0 radical (unpaired) electrons. The van der Waals surface area contributed by atoms with Crippen LogP contribution in [0.3, 0.4) is 0 Å². The third-order valence-corrected chi connectivity index (χ3v) is 2.43. The van der Waals surface area contributed by atoms with Crippen LogP contribution in [0.1, 0.15) is 0 Å². The average molecular weight is 237 g/mol. The average Bonchev–Trinajstić information content (AvgIpc) is 2.83. The van der Waals surface area contributed by atoms with Crippen LogP contribution in [0, 0.1) is 0 Å². The predicted molar refractivity (Wildman–Crippen MR) is 65.0 cm³/mol. The van der Waals surface area contributed by atoms with Gasteiger partial charge in [0, 0.05) is 6.20 Å². The number of aliphatic imine (C=N–C) groups is 1. The van der Waals surface area contributed by atoms with Gasteiger partial charge in [-0.05, 0) is 30.3 Å². The van der Waals surface area contributed by atoms with Gasteiger partial charge in [0.25, 0.3) is 0 Å². The molecule has 0 saturated heterocycles. The van der Waals surface area contributed by atoms with E-state index in [0.717, 1.165) is 0 Å². The Morgan fingerprint density at radius 2 is 2.17 bits per heavy atom. The molecule has 2 heterocycles. The lowest BCUT2D eigenvalue weighted by atomic mass is 10.3. The quantitative estimate of drug-likeness (QED) is 0.507. The maximum atomic E-state index is 10.2. The van der Waals surface area contributed by atoms with Gasteiger partial charge in [-0.25, -0.2) is 9.78 Å². The minimum atomic E-state index is 0.442. The fraction of sp³-hybridized carbons (Fsp3) is 0. The number of nitrogens with zero attached hydrogens (tertiary/aromatic N) is 3. The molecule has 0 spiro atoms. The fourth-order valence-corrected chi connectivity index (χ4v) is 1.64. The maximum Gasteiger partial charge on any atom is 0.246 e. The molecule has 5 nitrogen and oxygen atoms in total. The number of fused-ring (bicyclic) bond motifs is 1. The van der Waals surface area contributed by atoms with Crippen molar-refractivity contribution in [2.75, 3.05) is 0 Å². The molecule has 0 unspecified atom stereocenters. The molecule has 1 aromatic carbocycles. The molecule has 2 aromatic heterocycles. The first-order valence-corrected chi connectivity index (χ1v) is 5.27. The molecule has 0 aliphatic heterocycles. The highest BCUT2D eigenvalue weighted by Gasteiger charge is 2.09. The number of benzene rings is 1. The predicted octanol–water partition coefficient (Wildman–Crippen LogP) is 2.86. The van der Waals surface area contributed by atoms with Crippen molar-refractivity contribution in [2.45, 2.75) is 0 Å². The number of carbonyl (C=O) groups excluding carboxylic acids is 1. The van der Waals surface area contributed by atoms with Crippen LogP contribution >= 0.6 is 0 Å². The smallest absolute Gasteiger partial charge is 0.246 e. The van der Waals surface area contributed by atoms with Crippen molar-refractivity contribution in [3.05, 3.63) is 42.6 Å². The molecule has 0 N–H and O–H groups in total. The van der Waals surface area contributed by atoms with Crippen LogP contribution in [0.15, 0.2) is 52.0 Å². The van der Waals surface area contributed by atoms with Gasteiger partial charge in [0.1, 0.15) is 11.2 Å². The zero-order chi connectivity index (χ0) is 12.4. The molecule has 18 heavy (non-hydrogen) atoms. The lowest BCUT2D eigenvalue weighted by Crippen LogP contribution is -1.80. The third kappa shape index (κ3) is 1.79. The van der Waals surface area contributed by atoms with Gasteiger partial charge in [0.2, 0.25) is 12.0 Å². The highest BCUT2D eigenvalue weighted by atomic mass is 16.3. The second-order valence-corrected chi connectivity index (χ2v) is 3.59. The van der Waals surface area contributed by atoms with E-state index in [4.69, 9.17) is 4.42 Å². The van der Waals surface area contributed by atoms with Crippen molar-refractivity contribution in [1.82, 2.24) is 9.97 Å². The van der Waals surface area contributed by atoms with Gasteiger partial charge in [0.15, 0.2) is 5.58 Å². The van der Waals surface area contributed by atoms with Crippen molar-refractivity contribution in [3.63, 3.8) is 0 Å². The molecule has 3 aromatic rings. The lowest BCUT2D eigenvalue weighted by molar-refractivity contribution is 0.565. The van der Waals surface area contributed by atoms with Crippen LogP contribution in [0.25, 0.3) is 22.7 Å². The summed E-state index contributed by atoms with van der Waals surface area (Å²) >= 11 is 0. The van der Waals surface area contributed by atoms with Gasteiger partial charge in [0.05, 0.1) is 5.69 Å². The van der Waals surface area contributed by atoms with Crippen LogP contribution in [-0.4, -0.2) is 16.0 Å². The highest BCUT2D eigenvalue weighted by molar-refractivity contribution is 5.79. The number of pyridine rings is 1. The Hall–Kier alpha value is -2.78. The largest absolute Gasteiger partial charge is 0.435 e. The summed E-state index contributed by atoms with van der Waals surface area (Å²) in [7, 11) is 0. The Bertz CT molecular complexity index is 743. The van der Waals surface area contributed by atoms with Gasteiger partial charge in [-0.2, -0.15) is 4.99 Å². The zero-order valence-corrected chi connectivity index (χ0v) is 9.20. The van der Waals surface area contributed by atoms with E-state index in [1.807, 2.05) is 18.2 Å². The minimum absolute atomic E-state index is 0.442. The van der Waals surface area contributed by atoms with E-state index < -0.39 is 0 Å². The lowest BCUT2D eigenvalue weighted by Gasteiger charge is -1.90. The van der Waals surface area contributed by atoms with E-state index in [9.17, 15) is 4.79 Å². The minimum Gasteiger partial charge on any atom is -0.435 e. The Labute approximate surface area is 102 Å². The van der Waals surface area contributed by atoms with Gasteiger partial charge in [-0.1, -0.05) is 6.07 Å². The van der Waals surface area contributed by atoms with E-state index in [0.29, 0.717) is 28.4 Å². The SMILES string of the molecule is O=C=Nc1ccc2oc(-c3ccccn3)nc2c1. The molecule has 0 aliphatic rings. The second kappa shape index (κ2) is 4.24. The molecule has 0 atom stereocenters. The number of oxazole rings is 1. The maximum absolute atomic E-state index is 10.2. The Balaban J connectivity index is 2.14. The summed E-state index contributed by atoms with van der Waals surface area (Å²) < 4.78 is 5.57. The van der Waals surface area contributed by atoms with Crippen molar-refractivity contribution in [3.8, 4) is 11.6 Å². The first-order valence-electron chi connectivity index (χ1n) is 5.27. The molecule has 0 aliphatic carbocycles. The number of hydrogen-bond acceptors (Lipinski definition) is 5. The summed E-state index contributed by atoms with van der Waals surface area (Å²) in [5.41, 5.74) is 2.42. The molecular formula is C13H7N3O2. The van der Waals surface area contributed by atoms with Crippen molar-refractivity contribution < 1.29 is 9.21 Å². The first-order chi connectivity index (χ1) is 8.86. The molecule has 0 saturated carbocycles. The Morgan fingerprint density at radius 1 is 1.22 bits per heavy atom. The van der Waals surface area contributed by atoms with E-state index in [1.54, 1.807) is 24.4 Å². The van der Waals surface area contributed by atoms with Crippen molar-refractivity contribution in [1.29, 1.82) is 0 Å². The van der Waals surface area contributed by atoms with Crippen LogP contribution < -0.4 is 0 Å². The number of hydrogen-bond donors (Lipinski definition) is 0. The molecule has 0 fully saturated rings. The van der Waals surface area contributed by atoms with Crippen molar-refractivity contribution in [2.24, 2.45) is 4.99 Å². The number of aromatic nitrogens is 2. The van der Waals surface area contributed by atoms with E-state index in [2.05, 4.69) is 15.0 Å². The van der Waals surface area contributed by atoms with Crippen LogP contribution in [0.5, 0.6) is 0 Å². The molecule has 0 bridgehead atoms. The molecule has 3 rings (SSSR count). The monoisotopic (exact) mass is 237 g/mol. The van der Waals surface area contributed by atoms with Crippen molar-refractivity contribution >= 4 is 22.9 Å². The van der Waals surface area contributed by atoms with Gasteiger partial charge < -0.3 is 4.42 Å². The van der Waals surface area contributed by atoms with E-state index in [-0.39, 0.29) is 0 Å². The van der Waals surface area contributed by atoms with Crippen LogP contribution in [0.2, 0.25) is 0 Å². The Morgan fingerprint density at radius 3 is 2.94 bits per heavy atom. The molecular weight excluding hydrogens is 230 g/mol. The fourth-order valence-electron chi connectivity index (χ4n) is 1.64. The summed E-state index contributed by atoms with van der Waals surface area (Å²) in [6.45, 7) is 0.